The Kier molecular flexibility index (Phi) is 7.37. The third kappa shape index (κ3) is 5.11. The van der Waals surface area contributed by atoms with Gasteiger partial charge >= 0.3 is 0 Å². The lowest BCUT2D eigenvalue weighted by atomic mass is 10.0. The number of aliphatic hydroxyl groups is 5. The molecular formula is C25H26O14. The fraction of sp³-hybridized carbons (Fsp3) is 0.400. The van der Waals surface area contributed by atoms with E-state index < -0.39 is 79.3 Å². The first-order valence-corrected chi connectivity index (χ1v) is 11.8. The van der Waals surface area contributed by atoms with Gasteiger partial charge in [0.25, 0.3) is 0 Å². The molecule has 2 fully saturated rings. The van der Waals surface area contributed by atoms with Crippen molar-refractivity contribution in [3.8, 4) is 34.3 Å². The van der Waals surface area contributed by atoms with Gasteiger partial charge in [0.05, 0.1) is 13.2 Å². The first kappa shape index (κ1) is 27.1. The number of ether oxygens (including phenoxy) is 4. The van der Waals surface area contributed by atoms with Gasteiger partial charge in [0, 0.05) is 17.7 Å². The summed E-state index contributed by atoms with van der Waals surface area (Å²) >= 11 is 0. The molecule has 0 saturated carbocycles. The lowest BCUT2D eigenvalue weighted by molar-refractivity contribution is -0.332. The van der Waals surface area contributed by atoms with Crippen molar-refractivity contribution in [1.29, 1.82) is 0 Å². The molecule has 210 valence electrons. The summed E-state index contributed by atoms with van der Waals surface area (Å²) in [5.41, 5.74) is -0.846. The van der Waals surface area contributed by atoms with Crippen LogP contribution in [0.2, 0.25) is 0 Å². The Labute approximate surface area is 219 Å². The molecule has 8 N–H and O–H groups in total. The lowest BCUT2D eigenvalue weighted by Gasteiger charge is -2.42. The lowest BCUT2D eigenvalue weighted by Crippen LogP contribution is -2.61. The second-order valence-corrected chi connectivity index (χ2v) is 9.20. The van der Waals surface area contributed by atoms with Crippen molar-refractivity contribution in [2.24, 2.45) is 0 Å². The third-order valence-corrected chi connectivity index (χ3v) is 6.46. The predicted molar refractivity (Wildman–Crippen MR) is 128 cm³/mol. The van der Waals surface area contributed by atoms with Crippen molar-refractivity contribution in [2.75, 3.05) is 13.2 Å². The van der Waals surface area contributed by atoms with Crippen LogP contribution in [0.5, 0.6) is 23.0 Å². The van der Waals surface area contributed by atoms with Crippen LogP contribution in [0, 0.1) is 0 Å². The maximum atomic E-state index is 13.6. The van der Waals surface area contributed by atoms with Crippen molar-refractivity contribution in [1.82, 2.24) is 0 Å². The molecule has 14 heteroatoms. The summed E-state index contributed by atoms with van der Waals surface area (Å²) in [4.78, 5) is 13.6. The molecule has 0 unspecified atom stereocenters. The zero-order chi connectivity index (χ0) is 28.0. The Morgan fingerprint density at radius 2 is 1.41 bits per heavy atom. The van der Waals surface area contributed by atoms with Gasteiger partial charge in [-0.1, -0.05) is 0 Å². The molecule has 2 aliphatic heterocycles. The van der Waals surface area contributed by atoms with Gasteiger partial charge < -0.3 is 64.2 Å². The highest BCUT2D eigenvalue weighted by Gasteiger charge is 2.47. The number of phenols is 3. The maximum absolute atomic E-state index is 13.6. The monoisotopic (exact) mass is 550 g/mol. The smallest absolute Gasteiger partial charge is 0.239 e. The molecule has 0 spiro atoms. The van der Waals surface area contributed by atoms with Crippen LogP contribution in [0.1, 0.15) is 0 Å². The van der Waals surface area contributed by atoms with Crippen LogP contribution in [-0.2, 0) is 14.2 Å². The zero-order valence-corrected chi connectivity index (χ0v) is 20.0. The number of aliphatic hydroxyl groups excluding tert-OH is 5. The standard InChI is InChI=1S/C25H26O14/c26-10-3-1-9(2-4-10)21-22(19(33)16-12(28)5-11(27)6-15(16)37-21)38-25-23(18(32)14(30)8-36-25)39-24-20(34)17(31)13(29)7-35-24/h1-6,13-14,17-18,20,23-32,34H,7-8H2/t13-,14-,17+,18-,20-,23+,24+,25+/m1/s1. The van der Waals surface area contributed by atoms with E-state index in [0.717, 1.165) is 12.1 Å². The van der Waals surface area contributed by atoms with E-state index >= 15 is 0 Å². The molecule has 1 aromatic heterocycles. The highest BCUT2D eigenvalue weighted by atomic mass is 16.7. The Bertz CT molecular complexity index is 1390. The quantitative estimate of drug-likeness (QED) is 0.188. The molecule has 2 saturated heterocycles. The minimum absolute atomic E-state index is 0.0841. The average Bonchev–Trinajstić information content (AvgIpc) is 2.89. The summed E-state index contributed by atoms with van der Waals surface area (Å²) in [6.07, 6.45) is -12.7. The second kappa shape index (κ2) is 10.6. The first-order chi connectivity index (χ1) is 18.5. The van der Waals surface area contributed by atoms with Crippen molar-refractivity contribution >= 4 is 11.0 Å². The van der Waals surface area contributed by atoms with Gasteiger partial charge in [0.15, 0.2) is 18.2 Å². The molecule has 5 rings (SSSR count). The molecule has 0 bridgehead atoms. The summed E-state index contributed by atoms with van der Waals surface area (Å²) in [6.45, 7) is -0.861. The van der Waals surface area contributed by atoms with Crippen molar-refractivity contribution in [2.45, 2.75) is 49.2 Å². The van der Waals surface area contributed by atoms with Crippen LogP contribution in [-0.4, -0.2) is 103 Å². The fourth-order valence-corrected chi connectivity index (χ4v) is 4.36. The fourth-order valence-electron chi connectivity index (χ4n) is 4.36. The molecule has 0 radical (unpaired) electrons. The van der Waals surface area contributed by atoms with Crippen LogP contribution in [0.4, 0.5) is 0 Å². The van der Waals surface area contributed by atoms with Crippen molar-refractivity contribution in [3.63, 3.8) is 0 Å². The van der Waals surface area contributed by atoms with Crippen LogP contribution >= 0.6 is 0 Å². The Balaban J connectivity index is 1.57. The van der Waals surface area contributed by atoms with Crippen molar-refractivity contribution in [3.05, 3.63) is 46.6 Å². The van der Waals surface area contributed by atoms with Crippen LogP contribution in [0.15, 0.2) is 45.6 Å². The van der Waals surface area contributed by atoms with Crippen LogP contribution < -0.4 is 10.2 Å². The minimum atomic E-state index is -1.75. The number of fused-ring (bicyclic) bond motifs is 1. The van der Waals surface area contributed by atoms with Crippen molar-refractivity contribution < 1.29 is 64.2 Å². The SMILES string of the molecule is O=c1c(O[C@@H]2OC[C@@H](O)[C@@H](O)[C@@H]2O[C@@H]2OC[C@@H](O)[C@H](O)[C@H]2O)c(-c2ccc(O)cc2)oc2cc(O)cc(O)c12. The van der Waals surface area contributed by atoms with E-state index in [0.29, 0.717) is 0 Å². The molecule has 8 atom stereocenters. The van der Waals surface area contributed by atoms with Crippen LogP contribution in [0.3, 0.4) is 0 Å². The summed E-state index contributed by atoms with van der Waals surface area (Å²) < 4.78 is 28.0. The topological polar surface area (TPSA) is 229 Å². The molecule has 14 nitrogen and oxygen atoms in total. The maximum Gasteiger partial charge on any atom is 0.239 e. The normalized spacial score (nSPS) is 31.3. The van der Waals surface area contributed by atoms with E-state index in [1.807, 2.05) is 0 Å². The number of rotatable bonds is 5. The van der Waals surface area contributed by atoms with Gasteiger partial charge in [-0.15, -0.1) is 0 Å². The summed E-state index contributed by atoms with van der Waals surface area (Å²) in [5.74, 6) is -1.79. The molecule has 0 aliphatic carbocycles. The van der Waals surface area contributed by atoms with E-state index in [9.17, 15) is 45.6 Å². The van der Waals surface area contributed by atoms with E-state index in [-0.39, 0.29) is 33.8 Å². The molecule has 39 heavy (non-hydrogen) atoms. The molecule has 2 aliphatic rings. The number of aromatic hydroxyl groups is 3. The number of phenolic OH excluding ortho intramolecular Hbond substituents is 3. The Hall–Kier alpha value is -3.47. The number of hydrogen-bond donors (Lipinski definition) is 8. The third-order valence-electron chi connectivity index (χ3n) is 6.46. The zero-order valence-electron chi connectivity index (χ0n) is 20.0. The largest absolute Gasteiger partial charge is 0.508 e. The van der Waals surface area contributed by atoms with E-state index in [2.05, 4.69) is 0 Å². The Morgan fingerprint density at radius 3 is 2.10 bits per heavy atom. The van der Waals surface area contributed by atoms with E-state index in [4.69, 9.17) is 23.4 Å². The first-order valence-electron chi connectivity index (χ1n) is 11.8. The highest BCUT2D eigenvalue weighted by Crippen LogP contribution is 2.37. The van der Waals surface area contributed by atoms with Gasteiger partial charge in [0.2, 0.25) is 17.5 Å². The van der Waals surface area contributed by atoms with E-state index in [1.54, 1.807) is 0 Å². The van der Waals surface area contributed by atoms with E-state index in [1.165, 1.54) is 24.3 Å². The van der Waals surface area contributed by atoms with Gasteiger partial charge in [-0.25, -0.2) is 0 Å². The summed E-state index contributed by atoms with van der Waals surface area (Å²) in [6, 6.07) is 7.47. The Morgan fingerprint density at radius 1 is 0.769 bits per heavy atom. The molecular weight excluding hydrogens is 524 g/mol. The van der Waals surface area contributed by atoms with Gasteiger partial charge in [0.1, 0.15) is 58.7 Å². The van der Waals surface area contributed by atoms with Gasteiger partial charge in [-0.3, -0.25) is 4.79 Å². The van der Waals surface area contributed by atoms with Crippen LogP contribution in [0.25, 0.3) is 22.3 Å². The second-order valence-electron chi connectivity index (χ2n) is 9.20. The predicted octanol–water partition coefficient (Wildman–Crippen LogP) is -1.14. The van der Waals surface area contributed by atoms with Gasteiger partial charge in [-0.2, -0.15) is 0 Å². The van der Waals surface area contributed by atoms with Gasteiger partial charge in [-0.05, 0) is 24.3 Å². The number of hydrogen-bond acceptors (Lipinski definition) is 14. The summed E-state index contributed by atoms with van der Waals surface area (Å²) in [7, 11) is 0. The molecule has 3 aromatic rings. The minimum Gasteiger partial charge on any atom is -0.508 e. The highest BCUT2D eigenvalue weighted by molar-refractivity contribution is 5.88. The summed E-state index contributed by atoms with van der Waals surface area (Å²) in [5, 5.41) is 80.4. The molecule has 0 amide bonds. The average molecular weight is 550 g/mol. The molecule has 2 aromatic carbocycles. The molecule has 3 heterocycles. The number of benzene rings is 2.